The summed E-state index contributed by atoms with van der Waals surface area (Å²) in [6, 6.07) is 6.60. The topological polar surface area (TPSA) is 84.1 Å². The van der Waals surface area contributed by atoms with Gasteiger partial charge in [-0.2, -0.15) is 5.10 Å². The molecule has 3 aromatic rings. The molecule has 1 aliphatic rings. The predicted octanol–water partition coefficient (Wildman–Crippen LogP) is 2.45. The largest absolute Gasteiger partial charge is 0.420 e. The highest BCUT2D eigenvalue weighted by Gasteiger charge is 2.28. The van der Waals surface area contributed by atoms with E-state index in [1.165, 1.54) is 0 Å². The number of H-pyrrole nitrogens is 1. The molecule has 1 N–H and O–H groups in total. The number of hydrogen-bond acceptors (Lipinski definition) is 4. The Morgan fingerprint density at radius 1 is 1.38 bits per heavy atom. The average Bonchev–Trinajstić information content (AvgIpc) is 3.21. The molecule has 0 bridgehead atoms. The number of likely N-dealkylation sites (tertiary alicyclic amines) is 1. The lowest BCUT2D eigenvalue weighted by Gasteiger charge is -2.32. The Labute approximate surface area is 141 Å². The summed E-state index contributed by atoms with van der Waals surface area (Å²) in [5, 5.41) is 7.04. The minimum absolute atomic E-state index is 0.115. The Morgan fingerprint density at radius 2 is 2.25 bits per heavy atom. The first-order valence-electron chi connectivity index (χ1n) is 7.73. The molecule has 124 valence electrons. The molecule has 24 heavy (non-hydrogen) atoms. The highest BCUT2D eigenvalue weighted by atomic mass is 35.5. The van der Waals surface area contributed by atoms with Gasteiger partial charge in [-0.25, -0.2) is 4.79 Å². The van der Waals surface area contributed by atoms with Crippen molar-refractivity contribution < 1.29 is 9.21 Å². The molecule has 1 amide bonds. The molecule has 8 heteroatoms. The Morgan fingerprint density at radius 3 is 3.04 bits per heavy atom. The van der Waals surface area contributed by atoms with Crippen LogP contribution < -0.4 is 5.76 Å². The fourth-order valence-electron chi connectivity index (χ4n) is 3.25. The molecular weight excluding hydrogens is 332 g/mol. The van der Waals surface area contributed by atoms with Gasteiger partial charge in [0.05, 0.1) is 11.6 Å². The Hall–Kier alpha value is -2.54. The van der Waals surface area contributed by atoms with Crippen LogP contribution in [0.4, 0.5) is 0 Å². The zero-order chi connectivity index (χ0) is 16.7. The molecule has 1 saturated heterocycles. The molecule has 4 rings (SSSR count). The quantitative estimate of drug-likeness (QED) is 0.772. The number of nitrogens with one attached hydrogen (secondary N) is 1. The van der Waals surface area contributed by atoms with E-state index in [9.17, 15) is 9.59 Å². The van der Waals surface area contributed by atoms with Crippen molar-refractivity contribution in [2.24, 2.45) is 0 Å². The summed E-state index contributed by atoms with van der Waals surface area (Å²) >= 11 is 6.05. The maximum Gasteiger partial charge on any atom is 0.420 e. The normalized spacial score (nSPS) is 18.2. The van der Waals surface area contributed by atoms with E-state index in [1.807, 2.05) is 0 Å². The van der Waals surface area contributed by atoms with Crippen LogP contribution in [0, 0.1) is 0 Å². The third-order valence-electron chi connectivity index (χ3n) is 4.35. The second-order valence-electron chi connectivity index (χ2n) is 5.87. The Balaban J connectivity index is 1.67. The number of aromatic amines is 1. The van der Waals surface area contributed by atoms with Crippen LogP contribution in [0.5, 0.6) is 0 Å². The lowest BCUT2D eigenvalue weighted by molar-refractivity contribution is 0.0671. The summed E-state index contributed by atoms with van der Waals surface area (Å²) in [7, 11) is 0. The molecule has 0 saturated carbocycles. The predicted molar refractivity (Wildman–Crippen MR) is 88.2 cm³/mol. The molecule has 0 unspecified atom stereocenters. The van der Waals surface area contributed by atoms with Crippen molar-refractivity contribution in [3.8, 4) is 0 Å². The number of halogens is 1. The van der Waals surface area contributed by atoms with E-state index in [0.717, 1.165) is 12.8 Å². The number of fused-ring (bicyclic) bond motifs is 1. The summed E-state index contributed by atoms with van der Waals surface area (Å²) in [6.45, 7) is 1.10. The lowest BCUT2D eigenvalue weighted by Crippen LogP contribution is -2.42. The van der Waals surface area contributed by atoms with Crippen LogP contribution in [0.2, 0.25) is 5.02 Å². The number of carbonyl (C=O) groups excluding carboxylic acids is 1. The summed E-state index contributed by atoms with van der Waals surface area (Å²) < 4.78 is 6.91. The zero-order valence-electron chi connectivity index (χ0n) is 12.7. The number of rotatable bonds is 2. The van der Waals surface area contributed by atoms with Gasteiger partial charge in [-0.3, -0.25) is 14.5 Å². The number of aromatic nitrogens is 3. The number of amides is 1. The van der Waals surface area contributed by atoms with E-state index in [4.69, 9.17) is 16.0 Å². The molecule has 1 aromatic carbocycles. The molecule has 3 heterocycles. The molecular formula is C16H15ClN4O3. The minimum atomic E-state index is -0.423. The number of piperidine rings is 1. The van der Waals surface area contributed by atoms with Crippen molar-refractivity contribution in [2.75, 3.05) is 13.1 Å². The van der Waals surface area contributed by atoms with Crippen LogP contribution in [0.15, 0.2) is 39.7 Å². The van der Waals surface area contributed by atoms with Crippen molar-refractivity contribution in [3.63, 3.8) is 0 Å². The number of carbonyl (C=O) groups is 1. The van der Waals surface area contributed by atoms with Crippen molar-refractivity contribution in [1.29, 1.82) is 0 Å². The summed E-state index contributed by atoms with van der Waals surface area (Å²) in [5.41, 5.74) is 1.61. The second-order valence-corrected chi connectivity index (χ2v) is 6.30. The van der Waals surface area contributed by atoms with Crippen LogP contribution in [0.3, 0.4) is 0 Å². The van der Waals surface area contributed by atoms with Crippen LogP contribution in [0.1, 0.15) is 29.4 Å². The van der Waals surface area contributed by atoms with Crippen molar-refractivity contribution in [1.82, 2.24) is 19.7 Å². The fraction of sp³-hybridized carbons (Fsp3) is 0.312. The van der Waals surface area contributed by atoms with Gasteiger partial charge in [-0.05, 0) is 37.1 Å². The molecule has 1 aliphatic heterocycles. The Kier molecular flexibility index (Phi) is 3.65. The van der Waals surface area contributed by atoms with E-state index in [0.29, 0.717) is 34.9 Å². The van der Waals surface area contributed by atoms with Gasteiger partial charge < -0.3 is 9.32 Å². The van der Waals surface area contributed by atoms with E-state index >= 15 is 0 Å². The van der Waals surface area contributed by atoms with Gasteiger partial charge in [0.1, 0.15) is 5.69 Å². The van der Waals surface area contributed by atoms with E-state index < -0.39 is 5.76 Å². The lowest BCUT2D eigenvalue weighted by atomic mass is 10.0. The first-order chi connectivity index (χ1) is 11.6. The molecule has 1 atom stereocenters. The van der Waals surface area contributed by atoms with Gasteiger partial charge in [-0.1, -0.05) is 11.6 Å². The highest BCUT2D eigenvalue weighted by Crippen LogP contribution is 2.27. The van der Waals surface area contributed by atoms with Crippen LogP contribution in [-0.2, 0) is 0 Å². The molecule has 0 radical (unpaired) electrons. The summed E-state index contributed by atoms with van der Waals surface area (Å²) in [5.74, 6) is -0.538. The van der Waals surface area contributed by atoms with Crippen molar-refractivity contribution in [3.05, 3.63) is 51.7 Å². The van der Waals surface area contributed by atoms with Gasteiger partial charge in [0.25, 0.3) is 5.91 Å². The maximum atomic E-state index is 12.5. The molecule has 1 fully saturated rings. The third-order valence-corrected chi connectivity index (χ3v) is 4.59. The molecule has 2 aromatic heterocycles. The van der Waals surface area contributed by atoms with Gasteiger partial charge in [0.15, 0.2) is 5.58 Å². The first-order valence-corrected chi connectivity index (χ1v) is 8.10. The fourth-order valence-corrected chi connectivity index (χ4v) is 3.41. The summed E-state index contributed by atoms with van der Waals surface area (Å²) in [4.78, 5) is 26.5. The first kappa shape index (κ1) is 15.0. The minimum Gasteiger partial charge on any atom is -0.408 e. The zero-order valence-corrected chi connectivity index (χ0v) is 13.5. The number of oxazole rings is 1. The van der Waals surface area contributed by atoms with Gasteiger partial charge in [0.2, 0.25) is 0 Å². The number of nitrogens with zero attached hydrogens (tertiary/aromatic N) is 3. The van der Waals surface area contributed by atoms with Gasteiger partial charge in [-0.15, -0.1) is 0 Å². The number of benzene rings is 1. The Bertz CT molecular complexity index is 944. The van der Waals surface area contributed by atoms with Crippen molar-refractivity contribution >= 4 is 28.6 Å². The summed E-state index contributed by atoms with van der Waals surface area (Å²) in [6.07, 6.45) is 3.16. The van der Waals surface area contributed by atoms with E-state index in [-0.39, 0.29) is 11.9 Å². The van der Waals surface area contributed by atoms with Crippen LogP contribution >= 0.6 is 11.6 Å². The SMILES string of the molecule is O=C(c1ccn[nH]1)N1CCC[C@@H](n2c(=O)oc3ccc(Cl)cc32)C1. The number of hydrogen-bond donors (Lipinski definition) is 1. The third kappa shape index (κ3) is 2.50. The standard InChI is InChI=1S/C16H15ClN4O3/c17-10-3-4-14-13(8-10)21(16(23)24-14)11-2-1-7-20(9-11)15(22)12-5-6-18-19-12/h3-6,8,11H,1-2,7,9H2,(H,18,19)/t11-/m1/s1. The second kappa shape index (κ2) is 5.83. The highest BCUT2D eigenvalue weighted by molar-refractivity contribution is 6.31. The molecule has 0 spiro atoms. The van der Waals surface area contributed by atoms with Gasteiger partial charge >= 0.3 is 5.76 Å². The van der Waals surface area contributed by atoms with Gasteiger partial charge in [0, 0.05) is 24.3 Å². The van der Waals surface area contributed by atoms with Crippen LogP contribution in [0.25, 0.3) is 11.1 Å². The van der Waals surface area contributed by atoms with E-state index in [2.05, 4.69) is 10.2 Å². The molecule has 0 aliphatic carbocycles. The smallest absolute Gasteiger partial charge is 0.408 e. The average molecular weight is 347 g/mol. The van der Waals surface area contributed by atoms with E-state index in [1.54, 1.807) is 39.9 Å². The van der Waals surface area contributed by atoms with Crippen molar-refractivity contribution in [2.45, 2.75) is 18.9 Å². The maximum absolute atomic E-state index is 12.5. The molecule has 7 nitrogen and oxygen atoms in total. The monoisotopic (exact) mass is 346 g/mol. The van der Waals surface area contributed by atoms with Crippen LogP contribution in [-0.4, -0.2) is 38.7 Å².